The summed E-state index contributed by atoms with van der Waals surface area (Å²) in [5.74, 6) is 1.61. The third kappa shape index (κ3) is 2.35. The number of ether oxygens (including phenoxy) is 2. The molecule has 0 aliphatic heterocycles. The van der Waals surface area contributed by atoms with Gasteiger partial charge in [-0.15, -0.1) is 0 Å². The van der Waals surface area contributed by atoms with Gasteiger partial charge in [0.25, 0.3) is 0 Å². The first-order chi connectivity index (χ1) is 9.62. The molecule has 2 rings (SSSR count). The Morgan fingerprint density at radius 3 is 2.20 bits per heavy atom. The highest BCUT2D eigenvalue weighted by molar-refractivity contribution is 5.91. The smallest absolute Gasteiger partial charge is 0.233 e. The van der Waals surface area contributed by atoms with Crippen molar-refractivity contribution in [1.82, 2.24) is 4.90 Å². The summed E-state index contributed by atoms with van der Waals surface area (Å²) < 4.78 is 10.6. The van der Waals surface area contributed by atoms with Gasteiger partial charge in [-0.25, -0.2) is 0 Å². The molecule has 110 valence electrons. The number of amides is 1. The van der Waals surface area contributed by atoms with Crippen molar-refractivity contribution in [3.05, 3.63) is 23.8 Å². The lowest BCUT2D eigenvalue weighted by Gasteiger charge is -2.25. The van der Waals surface area contributed by atoms with E-state index in [1.165, 1.54) is 0 Å². The fourth-order valence-electron chi connectivity index (χ4n) is 2.70. The highest BCUT2D eigenvalue weighted by Gasteiger charge is 2.52. The van der Waals surface area contributed by atoms with Crippen molar-refractivity contribution in [3.8, 4) is 11.5 Å². The second-order valence-electron chi connectivity index (χ2n) is 5.13. The van der Waals surface area contributed by atoms with Crippen molar-refractivity contribution in [1.29, 1.82) is 0 Å². The average Bonchev–Trinajstić information content (AvgIpc) is 3.29. The molecule has 0 aromatic heterocycles. The highest BCUT2D eigenvalue weighted by Crippen LogP contribution is 2.51. The molecule has 1 aromatic rings. The van der Waals surface area contributed by atoms with Crippen LogP contribution in [0.3, 0.4) is 0 Å². The summed E-state index contributed by atoms with van der Waals surface area (Å²) in [6, 6.07) is 5.80. The van der Waals surface area contributed by atoms with E-state index in [1.807, 2.05) is 36.9 Å². The maximum atomic E-state index is 12.7. The molecule has 20 heavy (non-hydrogen) atoms. The monoisotopic (exact) mass is 277 g/mol. The van der Waals surface area contributed by atoms with Crippen molar-refractivity contribution in [2.24, 2.45) is 0 Å². The minimum absolute atomic E-state index is 0.231. The summed E-state index contributed by atoms with van der Waals surface area (Å²) in [6.07, 6.45) is 1.83. The lowest BCUT2D eigenvalue weighted by molar-refractivity contribution is -0.133. The van der Waals surface area contributed by atoms with Crippen LogP contribution in [-0.4, -0.2) is 38.1 Å². The van der Waals surface area contributed by atoms with Crippen LogP contribution in [0, 0.1) is 0 Å². The Morgan fingerprint density at radius 1 is 1.15 bits per heavy atom. The Labute approximate surface area is 120 Å². The summed E-state index contributed by atoms with van der Waals surface area (Å²) in [5, 5.41) is 0. The zero-order valence-corrected chi connectivity index (χ0v) is 12.7. The number of nitrogens with zero attached hydrogens (tertiary/aromatic N) is 1. The molecule has 1 aromatic carbocycles. The van der Waals surface area contributed by atoms with Gasteiger partial charge < -0.3 is 14.4 Å². The van der Waals surface area contributed by atoms with Gasteiger partial charge in [0.05, 0.1) is 19.6 Å². The third-order valence-electron chi connectivity index (χ3n) is 4.15. The standard InChI is InChI=1S/C16H23NO3/c1-5-17(6-2)15(18)16(9-10-16)12-7-8-13(19-3)14(11-12)20-4/h7-8,11H,5-6,9-10H2,1-4H3. The number of hydrogen-bond acceptors (Lipinski definition) is 3. The molecule has 0 saturated heterocycles. The first kappa shape index (κ1) is 14.7. The quantitative estimate of drug-likeness (QED) is 0.802. The number of benzene rings is 1. The lowest BCUT2D eigenvalue weighted by atomic mass is 9.93. The highest BCUT2D eigenvalue weighted by atomic mass is 16.5. The van der Waals surface area contributed by atoms with Crippen molar-refractivity contribution >= 4 is 5.91 Å². The van der Waals surface area contributed by atoms with Crippen LogP contribution in [0.15, 0.2) is 18.2 Å². The van der Waals surface area contributed by atoms with E-state index >= 15 is 0 Å². The minimum Gasteiger partial charge on any atom is -0.493 e. The van der Waals surface area contributed by atoms with Crippen LogP contribution in [0.1, 0.15) is 32.3 Å². The zero-order chi connectivity index (χ0) is 14.8. The molecule has 0 heterocycles. The number of hydrogen-bond donors (Lipinski definition) is 0. The summed E-state index contributed by atoms with van der Waals surface area (Å²) in [7, 11) is 3.24. The third-order valence-corrected chi connectivity index (χ3v) is 4.15. The number of carbonyl (C=O) groups is 1. The molecule has 1 amide bonds. The molecule has 0 spiro atoms. The summed E-state index contributed by atoms with van der Waals surface area (Å²) >= 11 is 0. The van der Waals surface area contributed by atoms with Gasteiger partial charge in [0.1, 0.15) is 0 Å². The zero-order valence-electron chi connectivity index (χ0n) is 12.7. The molecular weight excluding hydrogens is 254 g/mol. The second-order valence-corrected chi connectivity index (χ2v) is 5.13. The SMILES string of the molecule is CCN(CC)C(=O)C1(c2ccc(OC)c(OC)c2)CC1. The predicted octanol–water partition coefficient (Wildman–Crippen LogP) is 2.60. The van der Waals surface area contributed by atoms with Gasteiger partial charge in [-0.05, 0) is 44.4 Å². The Bertz CT molecular complexity index is 490. The van der Waals surface area contributed by atoms with E-state index in [2.05, 4.69) is 0 Å². The minimum atomic E-state index is -0.342. The van der Waals surface area contributed by atoms with Crippen molar-refractivity contribution < 1.29 is 14.3 Å². The van der Waals surface area contributed by atoms with Gasteiger partial charge in [-0.2, -0.15) is 0 Å². The van der Waals surface area contributed by atoms with Gasteiger partial charge in [0, 0.05) is 13.1 Å². The van der Waals surface area contributed by atoms with E-state index in [9.17, 15) is 4.79 Å². The molecule has 0 N–H and O–H groups in total. The number of rotatable bonds is 6. The van der Waals surface area contributed by atoms with Crippen LogP contribution < -0.4 is 9.47 Å². The second kappa shape index (κ2) is 5.73. The van der Waals surface area contributed by atoms with Crippen LogP contribution in [-0.2, 0) is 10.2 Å². The van der Waals surface area contributed by atoms with Gasteiger partial charge in [0.15, 0.2) is 11.5 Å². The maximum absolute atomic E-state index is 12.7. The molecular formula is C16H23NO3. The van der Waals surface area contributed by atoms with Crippen LogP contribution in [0.2, 0.25) is 0 Å². The van der Waals surface area contributed by atoms with Crippen LogP contribution in [0.5, 0.6) is 11.5 Å². The molecule has 1 fully saturated rings. The first-order valence-corrected chi connectivity index (χ1v) is 7.14. The van der Waals surface area contributed by atoms with Crippen LogP contribution >= 0.6 is 0 Å². The van der Waals surface area contributed by atoms with Gasteiger partial charge >= 0.3 is 0 Å². The fraction of sp³-hybridized carbons (Fsp3) is 0.562. The fourth-order valence-corrected chi connectivity index (χ4v) is 2.70. The number of methoxy groups -OCH3 is 2. The van der Waals surface area contributed by atoms with Crippen molar-refractivity contribution in [3.63, 3.8) is 0 Å². The molecule has 1 saturated carbocycles. The van der Waals surface area contributed by atoms with Gasteiger partial charge in [0.2, 0.25) is 5.91 Å². The topological polar surface area (TPSA) is 38.8 Å². The van der Waals surface area contributed by atoms with Crippen LogP contribution in [0.4, 0.5) is 0 Å². The van der Waals surface area contributed by atoms with E-state index in [-0.39, 0.29) is 11.3 Å². The number of carbonyl (C=O) groups excluding carboxylic acids is 1. The molecule has 0 radical (unpaired) electrons. The molecule has 4 heteroatoms. The van der Waals surface area contributed by atoms with E-state index in [1.54, 1.807) is 14.2 Å². The normalized spacial score (nSPS) is 15.6. The summed E-state index contributed by atoms with van der Waals surface area (Å²) in [6.45, 7) is 5.55. The maximum Gasteiger partial charge on any atom is 0.233 e. The Morgan fingerprint density at radius 2 is 1.75 bits per heavy atom. The average molecular weight is 277 g/mol. The largest absolute Gasteiger partial charge is 0.493 e. The van der Waals surface area contributed by atoms with E-state index < -0.39 is 0 Å². The van der Waals surface area contributed by atoms with E-state index in [0.29, 0.717) is 11.5 Å². The molecule has 1 aliphatic rings. The summed E-state index contributed by atoms with van der Waals surface area (Å²) in [4.78, 5) is 14.6. The first-order valence-electron chi connectivity index (χ1n) is 7.14. The van der Waals surface area contributed by atoms with Gasteiger partial charge in [-0.3, -0.25) is 4.79 Å². The Kier molecular flexibility index (Phi) is 4.21. The van der Waals surface area contributed by atoms with E-state index in [4.69, 9.17) is 9.47 Å². The van der Waals surface area contributed by atoms with Crippen molar-refractivity contribution in [2.45, 2.75) is 32.1 Å². The van der Waals surface area contributed by atoms with Crippen molar-refractivity contribution in [2.75, 3.05) is 27.3 Å². The Hall–Kier alpha value is -1.71. The van der Waals surface area contributed by atoms with Crippen LogP contribution in [0.25, 0.3) is 0 Å². The predicted molar refractivity (Wildman–Crippen MR) is 78.4 cm³/mol. The lowest BCUT2D eigenvalue weighted by Crippen LogP contribution is -2.39. The molecule has 0 bridgehead atoms. The molecule has 0 unspecified atom stereocenters. The Balaban J connectivity index is 2.33. The summed E-state index contributed by atoms with van der Waals surface area (Å²) in [5.41, 5.74) is 0.693. The van der Waals surface area contributed by atoms with E-state index in [0.717, 1.165) is 31.5 Å². The number of likely N-dealkylation sites (N-methyl/N-ethyl adjacent to an activating group) is 1. The molecule has 4 nitrogen and oxygen atoms in total. The molecule has 1 aliphatic carbocycles. The molecule has 0 atom stereocenters. The van der Waals surface area contributed by atoms with Gasteiger partial charge in [-0.1, -0.05) is 6.07 Å².